The van der Waals surface area contributed by atoms with Gasteiger partial charge in [-0.3, -0.25) is 0 Å². The summed E-state index contributed by atoms with van der Waals surface area (Å²) >= 11 is 0. The quantitative estimate of drug-likeness (QED) is 0.873. The molecule has 0 saturated heterocycles. The zero-order valence-electron chi connectivity index (χ0n) is 12.4. The van der Waals surface area contributed by atoms with Crippen LogP contribution < -0.4 is 23.7 Å². The maximum Gasteiger partial charge on any atom is 0.231 e. The Balaban J connectivity index is 1.60. The van der Waals surface area contributed by atoms with E-state index in [1.807, 2.05) is 18.2 Å². The number of methoxy groups -OCH3 is 1. The van der Waals surface area contributed by atoms with Crippen molar-refractivity contribution in [1.29, 1.82) is 0 Å². The van der Waals surface area contributed by atoms with Gasteiger partial charge in [0.1, 0.15) is 11.9 Å². The van der Waals surface area contributed by atoms with Crippen molar-refractivity contribution in [1.82, 2.24) is 0 Å². The van der Waals surface area contributed by atoms with E-state index < -0.39 is 0 Å². The molecule has 3 aliphatic rings. The van der Waals surface area contributed by atoms with Gasteiger partial charge in [0.15, 0.2) is 23.0 Å². The van der Waals surface area contributed by atoms with Gasteiger partial charge in [-0.2, -0.15) is 0 Å². The maximum atomic E-state index is 10.3. The molecule has 0 fully saturated rings. The van der Waals surface area contributed by atoms with Crippen LogP contribution in [0.2, 0.25) is 0 Å². The second-order valence-electron chi connectivity index (χ2n) is 5.73. The van der Waals surface area contributed by atoms with Crippen LogP contribution in [0.1, 0.15) is 23.1 Å². The fraction of sp³-hybridized carbons (Fsp3) is 0.294. The molecule has 6 heteroatoms. The van der Waals surface area contributed by atoms with E-state index in [1.165, 1.54) is 7.11 Å². The number of aromatic hydroxyl groups is 1. The van der Waals surface area contributed by atoms with Gasteiger partial charge in [0.25, 0.3) is 0 Å². The Morgan fingerprint density at radius 3 is 2.70 bits per heavy atom. The normalized spacial score (nSPS) is 22.5. The van der Waals surface area contributed by atoms with Gasteiger partial charge in [0.05, 0.1) is 19.6 Å². The van der Waals surface area contributed by atoms with Crippen molar-refractivity contribution < 1.29 is 28.8 Å². The van der Waals surface area contributed by atoms with Crippen LogP contribution in [0.5, 0.6) is 34.5 Å². The maximum absolute atomic E-state index is 10.3. The van der Waals surface area contributed by atoms with Gasteiger partial charge in [0.2, 0.25) is 12.5 Å². The minimum Gasteiger partial charge on any atom is -0.502 e. The SMILES string of the molecule is COc1ccc2c(c1O)OC[C@@H]1c3cc4c(cc3O[C@H]21)OCO4. The minimum atomic E-state index is -0.201. The summed E-state index contributed by atoms with van der Waals surface area (Å²) in [6.07, 6.45) is -0.201. The summed E-state index contributed by atoms with van der Waals surface area (Å²) < 4.78 is 27.9. The van der Waals surface area contributed by atoms with Crippen molar-refractivity contribution in [3.05, 3.63) is 35.4 Å². The molecule has 0 radical (unpaired) electrons. The number of fused-ring (bicyclic) bond motifs is 6. The van der Waals surface area contributed by atoms with E-state index in [0.717, 1.165) is 22.6 Å². The summed E-state index contributed by atoms with van der Waals surface area (Å²) in [6.45, 7) is 0.657. The van der Waals surface area contributed by atoms with Gasteiger partial charge in [-0.15, -0.1) is 0 Å². The molecule has 0 aliphatic carbocycles. The molecule has 0 amide bonds. The molecular weight excluding hydrogens is 300 g/mol. The van der Waals surface area contributed by atoms with E-state index in [2.05, 4.69) is 0 Å². The number of phenols is 1. The second kappa shape index (κ2) is 4.38. The third-order valence-electron chi connectivity index (χ3n) is 4.58. The Bertz CT molecular complexity index is 815. The molecule has 23 heavy (non-hydrogen) atoms. The average Bonchev–Trinajstić information content (AvgIpc) is 3.16. The molecule has 1 N–H and O–H groups in total. The van der Waals surface area contributed by atoms with Crippen molar-refractivity contribution in [3.63, 3.8) is 0 Å². The highest BCUT2D eigenvalue weighted by Gasteiger charge is 2.43. The van der Waals surface area contributed by atoms with Crippen LogP contribution in [0.3, 0.4) is 0 Å². The Morgan fingerprint density at radius 1 is 1.04 bits per heavy atom. The molecule has 3 aliphatic heterocycles. The molecule has 2 aromatic carbocycles. The zero-order valence-corrected chi connectivity index (χ0v) is 12.4. The zero-order chi connectivity index (χ0) is 15.6. The fourth-order valence-corrected chi connectivity index (χ4v) is 3.45. The third kappa shape index (κ3) is 1.63. The van der Waals surface area contributed by atoms with Crippen LogP contribution >= 0.6 is 0 Å². The van der Waals surface area contributed by atoms with Crippen LogP contribution in [-0.4, -0.2) is 25.6 Å². The summed E-state index contributed by atoms with van der Waals surface area (Å²) in [5, 5.41) is 10.3. The van der Waals surface area contributed by atoms with Crippen LogP contribution in [0, 0.1) is 0 Å². The van der Waals surface area contributed by atoms with E-state index in [0.29, 0.717) is 23.9 Å². The van der Waals surface area contributed by atoms with Gasteiger partial charge in [-0.05, 0) is 18.2 Å². The highest BCUT2D eigenvalue weighted by Crippen LogP contribution is 2.56. The average molecular weight is 314 g/mol. The largest absolute Gasteiger partial charge is 0.502 e. The molecule has 2 atom stereocenters. The molecule has 2 aromatic rings. The third-order valence-corrected chi connectivity index (χ3v) is 4.58. The molecule has 0 bridgehead atoms. The first-order valence-corrected chi connectivity index (χ1v) is 7.39. The molecule has 0 aromatic heterocycles. The number of benzene rings is 2. The molecule has 0 saturated carbocycles. The summed E-state index contributed by atoms with van der Waals surface area (Å²) in [7, 11) is 1.51. The number of hydrogen-bond donors (Lipinski definition) is 1. The number of hydrogen-bond acceptors (Lipinski definition) is 6. The predicted molar refractivity (Wildman–Crippen MR) is 78.8 cm³/mol. The standard InChI is InChI=1S/C17H14O6/c1-19-11-3-2-8-16-10(6-20-17(8)15(11)18)9-4-13-14(22-7-21-13)5-12(9)23-16/h2-5,10,16,18H,6-7H2,1H3/t10-,16-/m1/s1. The first-order valence-electron chi connectivity index (χ1n) is 7.39. The minimum absolute atomic E-state index is 0.0113. The van der Waals surface area contributed by atoms with Crippen LogP contribution in [0.25, 0.3) is 0 Å². The van der Waals surface area contributed by atoms with Crippen molar-refractivity contribution in [3.8, 4) is 34.5 Å². The fourth-order valence-electron chi connectivity index (χ4n) is 3.45. The summed E-state index contributed by atoms with van der Waals surface area (Å²) in [6, 6.07) is 7.41. The van der Waals surface area contributed by atoms with Gasteiger partial charge in [-0.1, -0.05) is 0 Å². The van der Waals surface area contributed by atoms with E-state index in [9.17, 15) is 5.11 Å². The Labute approximate surface area is 132 Å². The van der Waals surface area contributed by atoms with Crippen LogP contribution in [0.15, 0.2) is 24.3 Å². The topological polar surface area (TPSA) is 66.4 Å². The van der Waals surface area contributed by atoms with Gasteiger partial charge in [0, 0.05) is 17.2 Å². The van der Waals surface area contributed by atoms with E-state index in [4.69, 9.17) is 23.7 Å². The lowest BCUT2D eigenvalue weighted by Crippen LogP contribution is -2.23. The van der Waals surface area contributed by atoms with Crippen molar-refractivity contribution >= 4 is 0 Å². The molecule has 0 unspecified atom stereocenters. The van der Waals surface area contributed by atoms with Crippen LogP contribution in [0.4, 0.5) is 0 Å². The van der Waals surface area contributed by atoms with E-state index in [-0.39, 0.29) is 24.6 Å². The molecule has 118 valence electrons. The molecule has 3 heterocycles. The second-order valence-corrected chi connectivity index (χ2v) is 5.73. The molecule has 0 spiro atoms. The Morgan fingerprint density at radius 2 is 1.87 bits per heavy atom. The lowest BCUT2D eigenvalue weighted by Gasteiger charge is -2.28. The van der Waals surface area contributed by atoms with Gasteiger partial charge < -0.3 is 28.8 Å². The monoisotopic (exact) mass is 314 g/mol. The Kier molecular flexibility index (Phi) is 2.43. The highest BCUT2D eigenvalue weighted by atomic mass is 16.7. The molecule has 5 rings (SSSR count). The molecular formula is C17H14O6. The summed E-state index contributed by atoms with van der Waals surface area (Å²) in [5.74, 6) is 3.09. The van der Waals surface area contributed by atoms with Crippen LogP contribution in [-0.2, 0) is 0 Å². The summed E-state index contributed by atoms with van der Waals surface area (Å²) in [4.78, 5) is 0. The van der Waals surface area contributed by atoms with E-state index >= 15 is 0 Å². The summed E-state index contributed by atoms with van der Waals surface area (Å²) in [5.41, 5.74) is 1.86. The number of phenolic OH excluding ortho intramolecular Hbond substituents is 1. The first kappa shape index (κ1) is 12.8. The van der Waals surface area contributed by atoms with Crippen molar-refractivity contribution in [2.24, 2.45) is 0 Å². The molecule has 6 nitrogen and oxygen atoms in total. The Hall–Kier alpha value is -2.76. The predicted octanol–water partition coefficient (Wildman–Crippen LogP) is 2.74. The smallest absolute Gasteiger partial charge is 0.231 e. The first-order chi connectivity index (χ1) is 11.3. The number of ether oxygens (including phenoxy) is 5. The van der Waals surface area contributed by atoms with Crippen molar-refractivity contribution in [2.75, 3.05) is 20.5 Å². The van der Waals surface area contributed by atoms with Gasteiger partial charge >= 0.3 is 0 Å². The number of rotatable bonds is 1. The van der Waals surface area contributed by atoms with Crippen molar-refractivity contribution in [2.45, 2.75) is 12.0 Å². The van der Waals surface area contributed by atoms with E-state index in [1.54, 1.807) is 6.07 Å². The lowest BCUT2D eigenvalue weighted by atomic mass is 9.89. The lowest BCUT2D eigenvalue weighted by molar-refractivity contribution is 0.134. The van der Waals surface area contributed by atoms with Gasteiger partial charge in [-0.25, -0.2) is 0 Å². The highest BCUT2D eigenvalue weighted by molar-refractivity contribution is 5.61.